The smallest absolute Gasteiger partial charge is 0.306 e. The fraction of sp³-hybridized carbons (Fsp3) is 0.833. The molecule has 0 amide bonds. The van der Waals surface area contributed by atoms with Gasteiger partial charge in [0.05, 0.1) is 5.92 Å². The second-order valence-corrected chi connectivity index (χ2v) is 5.20. The second kappa shape index (κ2) is 5.93. The molecule has 18 heavy (non-hydrogen) atoms. The van der Waals surface area contributed by atoms with Gasteiger partial charge in [0.25, 0.3) is 0 Å². The lowest BCUT2D eigenvalue weighted by Gasteiger charge is -2.10. The molecule has 1 aromatic heterocycles. The van der Waals surface area contributed by atoms with Gasteiger partial charge in [-0.05, 0) is 22.8 Å². The van der Waals surface area contributed by atoms with Crippen molar-refractivity contribution >= 4 is 5.97 Å². The molecular weight excluding hydrogens is 232 g/mol. The SMILES string of the molecule is CC(CCn1nnnc1CC1CCCC1)C(=O)O. The summed E-state index contributed by atoms with van der Waals surface area (Å²) in [6.45, 7) is 2.30. The lowest BCUT2D eigenvalue weighted by molar-refractivity contribution is -0.141. The summed E-state index contributed by atoms with van der Waals surface area (Å²) in [4.78, 5) is 10.8. The lowest BCUT2D eigenvalue weighted by Crippen LogP contribution is -2.15. The van der Waals surface area contributed by atoms with Crippen LogP contribution in [0.3, 0.4) is 0 Å². The van der Waals surface area contributed by atoms with E-state index in [1.54, 1.807) is 11.6 Å². The normalized spacial score (nSPS) is 18.1. The molecule has 0 saturated heterocycles. The first-order chi connectivity index (χ1) is 8.66. The Morgan fingerprint density at radius 1 is 1.50 bits per heavy atom. The summed E-state index contributed by atoms with van der Waals surface area (Å²) < 4.78 is 1.76. The zero-order valence-corrected chi connectivity index (χ0v) is 10.7. The summed E-state index contributed by atoms with van der Waals surface area (Å²) in [5.74, 6) is 0.486. The van der Waals surface area contributed by atoms with E-state index >= 15 is 0 Å². The van der Waals surface area contributed by atoms with Crippen LogP contribution in [0.5, 0.6) is 0 Å². The van der Waals surface area contributed by atoms with Gasteiger partial charge in [-0.2, -0.15) is 0 Å². The van der Waals surface area contributed by atoms with E-state index in [9.17, 15) is 4.79 Å². The number of hydrogen-bond acceptors (Lipinski definition) is 4. The summed E-state index contributed by atoms with van der Waals surface area (Å²) in [5, 5.41) is 20.6. The number of tetrazole rings is 1. The minimum atomic E-state index is -0.764. The molecule has 1 aliphatic rings. The average Bonchev–Trinajstić information content (AvgIpc) is 2.98. The molecule has 1 N–H and O–H groups in total. The first-order valence-corrected chi connectivity index (χ1v) is 6.64. The highest BCUT2D eigenvalue weighted by Gasteiger charge is 2.19. The van der Waals surface area contributed by atoms with Crippen LogP contribution < -0.4 is 0 Å². The van der Waals surface area contributed by atoms with Crippen molar-refractivity contribution < 1.29 is 9.90 Å². The van der Waals surface area contributed by atoms with Crippen molar-refractivity contribution in [3.8, 4) is 0 Å². The summed E-state index contributed by atoms with van der Waals surface area (Å²) in [6.07, 6.45) is 6.63. The Morgan fingerprint density at radius 3 is 2.89 bits per heavy atom. The van der Waals surface area contributed by atoms with Crippen LogP contribution in [-0.2, 0) is 17.8 Å². The number of aromatic nitrogens is 4. The molecule has 0 aromatic carbocycles. The predicted octanol–water partition coefficient (Wildman–Crippen LogP) is 1.52. The van der Waals surface area contributed by atoms with Gasteiger partial charge < -0.3 is 5.11 Å². The number of carboxylic acid groups (broad SMARTS) is 1. The first-order valence-electron chi connectivity index (χ1n) is 6.64. The van der Waals surface area contributed by atoms with E-state index in [1.807, 2.05) is 0 Å². The molecule has 6 heteroatoms. The fourth-order valence-corrected chi connectivity index (χ4v) is 2.46. The Labute approximate surface area is 106 Å². The van der Waals surface area contributed by atoms with Gasteiger partial charge in [0.1, 0.15) is 0 Å². The summed E-state index contributed by atoms with van der Waals surface area (Å²) in [7, 11) is 0. The van der Waals surface area contributed by atoms with Crippen LogP contribution in [0.4, 0.5) is 0 Å². The minimum Gasteiger partial charge on any atom is -0.481 e. The van der Waals surface area contributed by atoms with Crippen molar-refractivity contribution in [3.05, 3.63) is 5.82 Å². The first kappa shape index (κ1) is 13.0. The van der Waals surface area contributed by atoms with Crippen LogP contribution in [0.25, 0.3) is 0 Å². The molecule has 1 saturated carbocycles. The standard InChI is InChI=1S/C12H20N4O2/c1-9(12(17)18)6-7-16-11(13-14-15-16)8-10-4-2-3-5-10/h9-10H,2-8H2,1H3,(H,17,18). The highest BCUT2D eigenvalue weighted by atomic mass is 16.4. The van der Waals surface area contributed by atoms with Gasteiger partial charge in [-0.3, -0.25) is 4.79 Å². The lowest BCUT2D eigenvalue weighted by atomic mass is 10.0. The van der Waals surface area contributed by atoms with Crippen LogP contribution in [-0.4, -0.2) is 31.3 Å². The van der Waals surface area contributed by atoms with Gasteiger partial charge in [-0.1, -0.05) is 32.6 Å². The Morgan fingerprint density at radius 2 is 2.22 bits per heavy atom. The van der Waals surface area contributed by atoms with Gasteiger partial charge in [0.2, 0.25) is 0 Å². The van der Waals surface area contributed by atoms with Crippen molar-refractivity contribution in [2.24, 2.45) is 11.8 Å². The quantitative estimate of drug-likeness (QED) is 0.830. The van der Waals surface area contributed by atoms with Crippen LogP contribution >= 0.6 is 0 Å². The van der Waals surface area contributed by atoms with E-state index in [0.29, 0.717) is 18.9 Å². The number of carboxylic acids is 1. The number of hydrogen-bond donors (Lipinski definition) is 1. The van der Waals surface area contributed by atoms with Crippen molar-refractivity contribution in [2.75, 3.05) is 0 Å². The Balaban J connectivity index is 1.88. The maximum atomic E-state index is 10.8. The van der Waals surface area contributed by atoms with Gasteiger partial charge in [-0.25, -0.2) is 4.68 Å². The number of rotatable bonds is 6. The molecule has 1 aliphatic carbocycles. The fourth-order valence-electron chi connectivity index (χ4n) is 2.46. The van der Waals surface area contributed by atoms with Gasteiger partial charge in [0, 0.05) is 13.0 Å². The van der Waals surface area contributed by atoms with Crippen LogP contribution in [0.2, 0.25) is 0 Å². The number of aliphatic carboxylic acids is 1. The summed E-state index contributed by atoms with van der Waals surface area (Å²) in [5.41, 5.74) is 0. The predicted molar refractivity (Wildman–Crippen MR) is 64.9 cm³/mol. The second-order valence-electron chi connectivity index (χ2n) is 5.20. The molecule has 1 unspecified atom stereocenters. The topological polar surface area (TPSA) is 80.9 Å². The molecule has 0 spiro atoms. The molecule has 1 fully saturated rings. The zero-order valence-electron chi connectivity index (χ0n) is 10.7. The third-order valence-electron chi connectivity index (χ3n) is 3.75. The highest BCUT2D eigenvalue weighted by molar-refractivity contribution is 5.69. The molecule has 1 atom stereocenters. The largest absolute Gasteiger partial charge is 0.481 e. The maximum absolute atomic E-state index is 10.8. The number of nitrogens with zero attached hydrogens (tertiary/aromatic N) is 4. The third kappa shape index (κ3) is 3.27. The molecule has 0 aliphatic heterocycles. The van der Waals surface area contributed by atoms with E-state index in [0.717, 1.165) is 12.2 Å². The monoisotopic (exact) mass is 252 g/mol. The third-order valence-corrected chi connectivity index (χ3v) is 3.75. The van der Waals surface area contributed by atoms with Gasteiger partial charge >= 0.3 is 5.97 Å². The average molecular weight is 252 g/mol. The van der Waals surface area contributed by atoms with E-state index in [2.05, 4.69) is 15.5 Å². The molecule has 100 valence electrons. The molecule has 0 radical (unpaired) electrons. The minimum absolute atomic E-state index is 0.353. The Bertz CT molecular complexity index is 399. The Hall–Kier alpha value is -1.46. The molecule has 1 heterocycles. The van der Waals surface area contributed by atoms with Crippen molar-refractivity contribution in [3.63, 3.8) is 0 Å². The Kier molecular flexibility index (Phi) is 4.28. The number of carbonyl (C=O) groups is 1. The molecule has 2 rings (SSSR count). The van der Waals surface area contributed by atoms with Gasteiger partial charge in [0.15, 0.2) is 5.82 Å². The van der Waals surface area contributed by atoms with E-state index in [4.69, 9.17) is 5.11 Å². The number of aryl methyl sites for hydroxylation is 1. The van der Waals surface area contributed by atoms with E-state index < -0.39 is 5.97 Å². The van der Waals surface area contributed by atoms with Crippen molar-refractivity contribution in [1.82, 2.24) is 20.2 Å². The van der Waals surface area contributed by atoms with Crippen LogP contribution in [0, 0.1) is 11.8 Å². The zero-order chi connectivity index (χ0) is 13.0. The van der Waals surface area contributed by atoms with Crippen molar-refractivity contribution in [1.29, 1.82) is 0 Å². The highest BCUT2D eigenvalue weighted by Crippen LogP contribution is 2.27. The molecule has 1 aromatic rings. The summed E-state index contributed by atoms with van der Waals surface area (Å²) in [6, 6.07) is 0. The van der Waals surface area contributed by atoms with Gasteiger partial charge in [-0.15, -0.1) is 5.10 Å². The molecular formula is C12H20N4O2. The summed E-state index contributed by atoms with van der Waals surface area (Å²) >= 11 is 0. The van der Waals surface area contributed by atoms with Crippen LogP contribution in [0.15, 0.2) is 0 Å². The maximum Gasteiger partial charge on any atom is 0.306 e. The van der Waals surface area contributed by atoms with E-state index in [-0.39, 0.29) is 5.92 Å². The van der Waals surface area contributed by atoms with Crippen molar-refractivity contribution in [2.45, 2.75) is 52.0 Å². The molecule has 6 nitrogen and oxygen atoms in total. The van der Waals surface area contributed by atoms with Crippen LogP contribution in [0.1, 0.15) is 44.9 Å². The van der Waals surface area contributed by atoms with E-state index in [1.165, 1.54) is 25.7 Å². The molecule has 0 bridgehead atoms.